The van der Waals surface area contributed by atoms with Gasteiger partial charge in [-0.2, -0.15) is 0 Å². The van der Waals surface area contributed by atoms with Crippen LogP contribution in [0, 0.1) is 0 Å². The maximum absolute atomic E-state index is 13.2. The van der Waals surface area contributed by atoms with Crippen LogP contribution in [0.5, 0.6) is 11.5 Å². The number of likely N-dealkylation sites (tertiary alicyclic amines) is 1. The van der Waals surface area contributed by atoms with Crippen molar-refractivity contribution in [2.45, 2.75) is 25.4 Å². The molecule has 3 rings (SSSR count). The summed E-state index contributed by atoms with van der Waals surface area (Å²) in [6.07, 6.45) is 1.43. The number of ketones is 1. The van der Waals surface area contributed by atoms with E-state index in [0.717, 1.165) is 19.3 Å². The number of hydrogen-bond donors (Lipinski definition) is 0. The SMILES string of the molecule is COc1cc(OC)cc(C(OC(=O)N2CCCCC2)C(=O)c2ccccc2)c1. The molecule has 2 aromatic carbocycles. The highest BCUT2D eigenvalue weighted by Gasteiger charge is 2.30. The van der Waals surface area contributed by atoms with E-state index in [4.69, 9.17) is 14.2 Å². The van der Waals surface area contributed by atoms with E-state index in [0.29, 0.717) is 35.7 Å². The molecule has 2 aromatic rings. The van der Waals surface area contributed by atoms with Gasteiger partial charge in [-0.3, -0.25) is 4.79 Å². The van der Waals surface area contributed by atoms with Crippen molar-refractivity contribution in [3.8, 4) is 11.5 Å². The topological polar surface area (TPSA) is 65.1 Å². The predicted molar refractivity (Wildman–Crippen MR) is 105 cm³/mol. The maximum atomic E-state index is 13.2. The van der Waals surface area contributed by atoms with E-state index < -0.39 is 12.2 Å². The van der Waals surface area contributed by atoms with Gasteiger partial charge in [-0.05, 0) is 31.4 Å². The summed E-state index contributed by atoms with van der Waals surface area (Å²) in [7, 11) is 3.07. The Hall–Kier alpha value is -3.02. The maximum Gasteiger partial charge on any atom is 0.410 e. The second-order valence-electron chi connectivity index (χ2n) is 6.69. The van der Waals surface area contributed by atoms with E-state index >= 15 is 0 Å². The highest BCUT2D eigenvalue weighted by atomic mass is 16.6. The Morgan fingerprint density at radius 1 is 0.893 bits per heavy atom. The zero-order valence-electron chi connectivity index (χ0n) is 16.2. The van der Waals surface area contributed by atoms with Crippen LogP contribution in [0.25, 0.3) is 0 Å². The second kappa shape index (κ2) is 9.26. The molecular formula is C22H25NO5. The van der Waals surface area contributed by atoms with Crippen molar-refractivity contribution in [2.75, 3.05) is 27.3 Å². The summed E-state index contributed by atoms with van der Waals surface area (Å²) in [5, 5.41) is 0. The molecule has 148 valence electrons. The Bertz CT molecular complexity index is 793. The zero-order valence-corrected chi connectivity index (χ0v) is 16.2. The van der Waals surface area contributed by atoms with Gasteiger partial charge in [0.1, 0.15) is 11.5 Å². The standard InChI is InChI=1S/C22H25NO5/c1-26-18-13-17(14-19(15-18)27-2)21(20(24)16-9-5-3-6-10-16)28-22(25)23-11-7-4-8-12-23/h3,5-6,9-10,13-15,21H,4,7-8,11-12H2,1-2H3. The summed E-state index contributed by atoms with van der Waals surface area (Å²) in [6.45, 7) is 1.29. The molecule has 1 saturated heterocycles. The van der Waals surface area contributed by atoms with E-state index in [1.807, 2.05) is 6.07 Å². The zero-order chi connectivity index (χ0) is 19.9. The van der Waals surface area contributed by atoms with E-state index in [-0.39, 0.29) is 5.78 Å². The third-order valence-electron chi connectivity index (χ3n) is 4.81. The molecule has 0 radical (unpaired) electrons. The molecule has 0 bridgehead atoms. The molecule has 0 saturated carbocycles. The van der Waals surface area contributed by atoms with Crippen LogP contribution in [0.15, 0.2) is 48.5 Å². The first-order chi connectivity index (χ1) is 13.6. The van der Waals surface area contributed by atoms with Crippen LogP contribution in [0.2, 0.25) is 0 Å². The molecule has 0 N–H and O–H groups in total. The van der Waals surface area contributed by atoms with Crippen molar-refractivity contribution in [3.63, 3.8) is 0 Å². The third-order valence-corrected chi connectivity index (χ3v) is 4.81. The van der Waals surface area contributed by atoms with Crippen LogP contribution in [-0.4, -0.2) is 44.1 Å². The molecule has 6 nitrogen and oxygen atoms in total. The van der Waals surface area contributed by atoms with Crippen molar-refractivity contribution in [3.05, 3.63) is 59.7 Å². The molecule has 1 atom stereocenters. The van der Waals surface area contributed by atoms with Gasteiger partial charge in [0, 0.05) is 30.3 Å². The average Bonchev–Trinajstić information content (AvgIpc) is 2.77. The highest BCUT2D eigenvalue weighted by molar-refractivity contribution is 6.01. The first kappa shape index (κ1) is 19.7. The van der Waals surface area contributed by atoms with Gasteiger partial charge in [-0.1, -0.05) is 30.3 Å². The number of nitrogens with zero attached hydrogens (tertiary/aromatic N) is 1. The van der Waals surface area contributed by atoms with Crippen molar-refractivity contribution in [1.29, 1.82) is 0 Å². The molecule has 0 spiro atoms. The van der Waals surface area contributed by atoms with Gasteiger partial charge in [-0.15, -0.1) is 0 Å². The molecule has 0 aliphatic carbocycles. The van der Waals surface area contributed by atoms with Gasteiger partial charge >= 0.3 is 6.09 Å². The highest BCUT2D eigenvalue weighted by Crippen LogP contribution is 2.31. The summed E-state index contributed by atoms with van der Waals surface area (Å²) in [5.41, 5.74) is 0.983. The second-order valence-corrected chi connectivity index (χ2v) is 6.69. The van der Waals surface area contributed by atoms with Crippen LogP contribution >= 0.6 is 0 Å². The minimum Gasteiger partial charge on any atom is -0.497 e. The van der Waals surface area contributed by atoms with Crippen molar-refractivity contribution in [1.82, 2.24) is 4.90 Å². The average molecular weight is 383 g/mol. The first-order valence-corrected chi connectivity index (χ1v) is 9.40. The van der Waals surface area contributed by atoms with Crippen molar-refractivity contribution < 1.29 is 23.8 Å². The summed E-state index contributed by atoms with van der Waals surface area (Å²) in [4.78, 5) is 27.6. The number of piperidine rings is 1. The molecule has 0 aromatic heterocycles. The Morgan fingerprint density at radius 3 is 2.07 bits per heavy atom. The molecule has 6 heteroatoms. The van der Waals surface area contributed by atoms with Crippen LogP contribution in [0.1, 0.15) is 41.3 Å². The quantitative estimate of drug-likeness (QED) is 0.698. The molecule has 1 aliphatic heterocycles. The van der Waals surface area contributed by atoms with Crippen LogP contribution in [0.4, 0.5) is 4.79 Å². The number of benzene rings is 2. The van der Waals surface area contributed by atoms with Crippen LogP contribution < -0.4 is 9.47 Å². The molecule has 1 fully saturated rings. The number of carbonyl (C=O) groups is 2. The predicted octanol–water partition coefficient (Wildman–Crippen LogP) is 4.25. The summed E-state index contributed by atoms with van der Waals surface area (Å²) in [5.74, 6) is 0.754. The molecule has 28 heavy (non-hydrogen) atoms. The Kier molecular flexibility index (Phi) is 6.53. The summed E-state index contributed by atoms with van der Waals surface area (Å²) in [6, 6.07) is 13.9. The van der Waals surface area contributed by atoms with Gasteiger partial charge in [0.25, 0.3) is 0 Å². The lowest BCUT2D eigenvalue weighted by atomic mass is 9.99. The van der Waals surface area contributed by atoms with Gasteiger partial charge < -0.3 is 19.1 Å². The number of ether oxygens (including phenoxy) is 3. The molecule has 1 heterocycles. The van der Waals surface area contributed by atoms with Gasteiger partial charge in [0.2, 0.25) is 5.78 Å². The lowest BCUT2D eigenvalue weighted by molar-refractivity contribution is 0.0458. The lowest BCUT2D eigenvalue weighted by Crippen LogP contribution is -2.37. The van der Waals surface area contributed by atoms with E-state index in [9.17, 15) is 9.59 Å². The number of Topliss-reactive ketones (excluding diaryl/α,β-unsaturated/α-hetero) is 1. The number of amides is 1. The number of hydrogen-bond acceptors (Lipinski definition) is 5. The minimum atomic E-state index is -1.08. The molecule has 1 aliphatic rings. The van der Waals surface area contributed by atoms with Gasteiger partial charge in [0.15, 0.2) is 6.10 Å². The number of rotatable bonds is 6. The normalized spacial score (nSPS) is 14.9. The van der Waals surface area contributed by atoms with E-state index in [2.05, 4.69) is 0 Å². The Balaban J connectivity index is 1.94. The summed E-state index contributed by atoms with van der Waals surface area (Å²) < 4.78 is 16.3. The Morgan fingerprint density at radius 2 is 1.50 bits per heavy atom. The Labute approximate surface area is 165 Å². The van der Waals surface area contributed by atoms with Gasteiger partial charge in [0.05, 0.1) is 14.2 Å². The summed E-state index contributed by atoms with van der Waals surface area (Å²) >= 11 is 0. The van der Waals surface area contributed by atoms with Crippen LogP contribution in [-0.2, 0) is 4.74 Å². The fraction of sp³-hybridized carbons (Fsp3) is 0.364. The largest absolute Gasteiger partial charge is 0.497 e. The number of methoxy groups -OCH3 is 2. The van der Waals surface area contributed by atoms with E-state index in [1.54, 1.807) is 47.4 Å². The fourth-order valence-corrected chi connectivity index (χ4v) is 3.26. The monoisotopic (exact) mass is 383 g/mol. The van der Waals surface area contributed by atoms with Gasteiger partial charge in [-0.25, -0.2) is 4.79 Å². The minimum absolute atomic E-state index is 0.290. The fourth-order valence-electron chi connectivity index (χ4n) is 3.26. The molecular weight excluding hydrogens is 358 g/mol. The third kappa shape index (κ3) is 4.63. The van der Waals surface area contributed by atoms with Crippen LogP contribution in [0.3, 0.4) is 0 Å². The smallest absolute Gasteiger partial charge is 0.410 e. The number of carbonyl (C=O) groups excluding carboxylic acids is 2. The molecule has 1 unspecified atom stereocenters. The van der Waals surface area contributed by atoms with Crippen molar-refractivity contribution in [2.24, 2.45) is 0 Å². The van der Waals surface area contributed by atoms with E-state index in [1.165, 1.54) is 14.2 Å². The van der Waals surface area contributed by atoms with Crippen molar-refractivity contribution >= 4 is 11.9 Å². The lowest BCUT2D eigenvalue weighted by Gasteiger charge is -2.28. The molecule has 1 amide bonds. The first-order valence-electron chi connectivity index (χ1n) is 9.40.